The van der Waals surface area contributed by atoms with Gasteiger partial charge in [-0.25, -0.2) is 0 Å². The highest BCUT2D eigenvalue weighted by Gasteiger charge is 2.35. The molecule has 106 valence electrons. The second kappa shape index (κ2) is 5.07. The molecule has 5 nitrogen and oxygen atoms in total. The summed E-state index contributed by atoms with van der Waals surface area (Å²) < 4.78 is 7.63. The first-order chi connectivity index (χ1) is 9.79. The first-order valence-electron chi connectivity index (χ1n) is 6.96. The van der Waals surface area contributed by atoms with Gasteiger partial charge in [0.2, 0.25) is 0 Å². The SMILES string of the molecule is O=C(N[C@H]1CN2CCC1CC2)c1cc2c(cn1)C=IO2. The number of nitrogens with one attached hydrogen (secondary N) is 1. The Morgan fingerprint density at radius 1 is 1.45 bits per heavy atom. The summed E-state index contributed by atoms with van der Waals surface area (Å²) in [6.45, 7) is 3.35. The molecule has 3 fully saturated rings. The van der Waals surface area contributed by atoms with Gasteiger partial charge in [-0.3, -0.25) is 9.78 Å². The van der Waals surface area contributed by atoms with E-state index in [0.29, 0.717) is 11.6 Å². The molecule has 4 aliphatic rings. The predicted molar refractivity (Wildman–Crippen MR) is 84.5 cm³/mol. The van der Waals surface area contributed by atoms with Crippen molar-refractivity contribution in [1.29, 1.82) is 0 Å². The summed E-state index contributed by atoms with van der Waals surface area (Å²) in [4.78, 5) is 19.0. The van der Waals surface area contributed by atoms with Crippen LogP contribution in [0.3, 0.4) is 0 Å². The maximum Gasteiger partial charge on any atom is 0.270 e. The van der Waals surface area contributed by atoms with Gasteiger partial charge in [0.05, 0.1) is 0 Å². The monoisotopic (exact) mass is 385 g/mol. The molecule has 1 amide bonds. The quantitative estimate of drug-likeness (QED) is 0.781. The van der Waals surface area contributed by atoms with Crippen LogP contribution >= 0.6 is 21.1 Å². The van der Waals surface area contributed by atoms with Gasteiger partial charge >= 0.3 is 0 Å². The van der Waals surface area contributed by atoms with Gasteiger partial charge in [0.1, 0.15) is 32.6 Å². The molecular formula is C14H16IN3O2. The summed E-state index contributed by atoms with van der Waals surface area (Å²) in [6, 6.07) is 2.05. The van der Waals surface area contributed by atoms with E-state index in [1.807, 2.05) is 0 Å². The van der Waals surface area contributed by atoms with Gasteiger partial charge < -0.3 is 13.3 Å². The molecule has 5 heterocycles. The molecular weight excluding hydrogens is 369 g/mol. The molecule has 0 unspecified atom stereocenters. The molecule has 0 aliphatic carbocycles. The van der Waals surface area contributed by atoms with Crippen molar-refractivity contribution in [2.24, 2.45) is 5.92 Å². The molecule has 3 saturated heterocycles. The van der Waals surface area contributed by atoms with Gasteiger partial charge in [-0.2, -0.15) is 0 Å². The summed E-state index contributed by atoms with van der Waals surface area (Å²) >= 11 is -0.345. The molecule has 0 radical (unpaired) electrons. The molecule has 0 aromatic carbocycles. The second-order valence-electron chi connectivity index (χ2n) is 5.60. The molecule has 4 aliphatic heterocycles. The smallest absolute Gasteiger partial charge is 0.270 e. The number of hydrogen-bond donors (Lipinski definition) is 1. The van der Waals surface area contributed by atoms with E-state index in [0.717, 1.165) is 17.9 Å². The summed E-state index contributed by atoms with van der Waals surface area (Å²) in [5.41, 5.74) is 1.50. The van der Waals surface area contributed by atoms with Crippen molar-refractivity contribution in [2.45, 2.75) is 18.9 Å². The van der Waals surface area contributed by atoms with Crippen LogP contribution in [-0.4, -0.2) is 45.5 Å². The topological polar surface area (TPSA) is 54.5 Å². The highest BCUT2D eigenvalue weighted by atomic mass is 127. The van der Waals surface area contributed by atoms with E-state index in [1.54, 1.807) is 12.3 Å². The Balaban J connectivity index is 1.48. The van der Waals surface area contributed by atoms with E-state index in [4.69, 9.17) is 3.07 Å². The average molecular weight is 385 g/mol. The fourth-order valence-electron chi connectivity index (χ4n) is 3.21. The van der Waals surface area contributed by atoms with Gasteiger partial charge in [-0.05, 0) is 31.8 Å². The molecule has 6 heteroatoms. The predicted octanol–water partition coefficient (Wildman–Crippen LogP) is 1.33. The molecule has 5 rings (SSSR count). The third-order valence-electron chi connectivity index (χ3n) is 4.39. The maximum atomic E-state index is 12.3. The zero-order valence-electron chi connectivity index (χ0n) is 11.0. The summed E-state index contributed by atoms with van der Waals surface area (Å²) in [5, 5.41) is 3.16. The van der Waals surface area contributed by atoms with E-state index >= 15 is 0 Å². The van der Waals surface area contributed by atoms with Crippen LogP contribution in [0.15, 0.2) is 12.3 Å². The number of rotatable bonds is 2. The standard InChI is InChI=1S/C14H16IN3O2/c19-14(11-5-13-10(7-16-11)6-15-20-13)17-12-8-18-3-1-9(12)2-4-18/h5-7,9,12H,1-4,8H2,(H,17,19)/t12-/m0/s1. The number of carbonyl (C=O) groups excluding carboxylic acids is 1. The lowest BCUT2D eigenvalue weighted by atomic mass is 9.84. The van der Waals surface area contributed by atoms with Crippen LogP contribution in [0.1, 0.15) is 28.9 Å². The lowest BCUT2D eigenvalue weighted by molar-refractivity contribution is 0.0617. The molecule has 0 spiro atoms. The number of carbonyl (C=O) groups is 1. The second-order valence-corrected chi connectivity index (χ2v) is 7.17. The normalized spacial score (nSPS) is 30.3. The lowest BCUT2D eigenvalue weighted by Crippen LogP contribution is -2.57. The van der Waals surface area contributed by atoms with Crippen LogP contribution in [0, 0.1) is 5.92 Å². The third-order valence-corrected chi connectivity index (χ3v) is 6.04. The fraction of sp³-hybridized carbons (Fsp3) is 0.500. The molecule has 1 N–H and O–H groups in total. The Hall–Kier alpha value is -1.02. The first-order valence-corrected chi connectivity index (χ1v) is 9.09. The van der Waals surface area contributed by atoms with Gasteiger partial charge in [0.25, 0.3) is 5.91 Å². The minimum Gasteiger partial charge on any atom is -0.435 e. The Morgan fingerprint density at radius 3 is 3.05 bits per heavy atom. The number of amides is 1. The van der Waals surface area contributed by atoms with Crippen molar-refractivity contribution in [3.8, 4) is 5.75 Å². The molecule has 0 saturated carbocycles. The van der Waals surface area contributed by atoms with E-state index in [1.165, 1.54) is 25.9 Å². The van der Waals surface area contributed by atoms with Crippen molar-refractivity contribution in [1.82, 2.24) is 15.2 Å². The number of fused-ring (bicyclic) bond motifs is 4. The minimum atomic E-state index is -0.345. The first kappa shape index (κ1) is 12.7. The lowest BCUT2D eigenvalue weighted by Gasteiger charge is -2.44. The minimum absolute atomic E-state index is 0.0692. The summed E-state index contributed by atoms with van der Waals surface area (Å²) in [7, 11) is 0. The van der Waals surface area contributed by atoms with E-state index < -0.39 is 0 Å². The van der Waals surface area contributed by atoms with Crippen molar-refractivity contribution in [3.05, 3.63) is 23.5 Å². The van der Waals surface area contributed by atoms with Crippen molar-refractivity contribution in [3.63, 3.8) is 0 Å². The van der Waals surface area contributed by atoms with Crippen LogP contribution in [0.25, 0.3) is 0 Å². The van der Waals surface area contributed by atoms with Crippen LogP contribution in [0.2, 0.25) is 0 Å². The number of piperidine rings is 3. The number of aromatic nitrogens is 1. The van der Waals surface area contributed by atoms with Crippen LogP contribution < -0.4 is 8.38 Å². The third kappa shape index (κ3) is 2.24. The number of nitrogens with zero attached hydrogens (tertiary/aromatic N) is 2. The summed E-state index contributed by atoms with van der Waals surface area (Å²) in [6.07, 6.45) is 4.14. The Labute approximate surface area is 128 Å². The maximum absolute atomic E-state index is 12.3. The average Bonchev–Trinajstić information content (AvgIpc) is 2.96. The Bertz CT molecular complexity index is 582. The van der Waals surface area contributed by atoms with Gasteiger partial charge in [-0.15, -0.1) is 0 Å². The van der Waals surface area contributed by atoms with Crippen LogP contribution in [0.4, 0.5) is 0 Å². The van der Waals surface area contributed by atoms with Crippen molar-refractivity contribution < 1.29 is 7.86 Å². The van der Waals surface area contributed by atoms with Crippen molar-refractivity contribution in [2.75, 3.05) is 19.6 Å². The summed E-state index contributed by atoms with van der Waals surface area (Å²) in [5.74, 6) is 1.38. The van der Waals surface area contributed by atoms with Crippen LogP contribution in [-0.2, 0) is 0 Å². The highest BCUT2D eigenvalue weighted by Crippen LogP contribution is 2.29. The number of halogens is 1. The molecule has 2 bridgehead atoms. The highest BCUT2D eigenvalue weighted by molar-refractivity contribution is 14.2. The zero-order chi connectivity index (χ0) is 13.5. The number of hydrogen-bond acceptors (Lipinski definition) is 4. The Kier molecular flexibility index (Phi) is 3.22. The zero-order valence-corrected chi connectivity index (χ0v) is 13.2. The molecule has 1 aromatic heterocycles. The van der Waals surface area contributed by atoms with Gasteiger partial charge in [0.15, 0.2) is 0 Å². The largest absolute Gasteiger partial charge is 0.435 e. The molecule has 1 atom stereocenters. The van der Waals surface area contributed by atoms with E-state index in [2.05, 4.69) is 19.2 Å². The van der Waals surface area contributed by atoms with Gasteiger partial charge in [0, 0.05) is 34.4 Å². The van der Waals surface area contributed by atoms with Gasteiger partial charge in [-0.1, -0.05) is 0 Å². The molecule has 1 aromatic rings. The Morgan fingerprint density at radius 2 is 2.30 bits per heavy atom. The fourth-order valence-corrected chi connectivity index (χ4v) is 4.73. The van der Waals surface area contributed by atoms with Crippen LogP contribution in [0.5, 0.6) is 5.75 Å². The molecule has 20 heavy (non-hydrogen) atoms. The van der Waals surface area contributed by atoms with E-state index in [9.17, 15) is 4.79 Å². The number of pyridine rings is 1. The van der Waals surface area contributed by atoms with E-state index in [-0.39, 0.29) is 33.1 Å². The van der Waals surface area contributed by atoms with Crippen molar-refractivity contribution >= 4 is 31.1 Å².